The van der Waals surface area contributed by atoms with E-state index in [1.165, 1.54) is 10.3 Å². The Labute approximate surface area is 129 Å². The number of rotatable bonds is 3. The van der Waals surface area contributed by atoms with Gasteiger partial charge in [0, 0.05) is 18.9 Å². The van der Waals surface area contributed by atoms with Gasteiger partial charge in [0.15, 0.2) is 11.5 Å². The third-order valence-corrected chi connectivity index (χ3v) is 3.15. The summed E-state index contributed by atoms with van der Waals surface area (Å²) in [6.07, 6.45) is 1.51. The number of nitrogens with one attached hydrogen (secondary N) is 1. The van der Waals surface area contributed by atoms with Crippen LogP contribution < -0.4 is 34.8 Å². The van der Waals surface area contributed by atoms with Crippen LogP contribution in [0.3, 0.4) is 0 Å². The molecule has 1 atom stereocenters. The van der Waals surface area contributed by atoms with Gasteiger partial charge < -0.3 is 15.3 Å². The molecule has 1 unspecified atom stereocenters. The number of amides is 1. The van der Waals surface area contributed by atoms with Crippen molar-refractivity contribution in [2.45, 2.75) is 26.7 Å². The summed E-state index contributed by atoms with van der Waals surface area (Å²) in [5.74, 6) is 0.143. The Morgan fingerprint density at radius 1 is 1.39 bits per heavy atom. The summed E-state index contributed by atoms with van der Waals surface area (Å²) >= 11 is 0. The maximum atomic E-state index is 12.0. The molecule has 0 aromatic rings. The predicted molar refractivity (Wildman–Crippen MR) is 60.2 cm³/mol. The average molecular weight is 267 g/mol. The van der Waals surface area contributed by atoms with E-state index in [0.29, 0.717) is 32.6 Å². The minimum atomic E-state index is 0. The first kappa shape index (κ1) is 17.5. The normalized spacial score (nSPS) is 18.9. The van der Waals surface area contributed by atoms with E-state index in [1.807, 2.05) is 13.8 Å². The van der Waals surface area contributed by atoms with Crippen LogP contribution in [-0.4, -0.2) is 47.0 Å². The zero-order valence-corrected chi connectivity index (χ0v) is 13.4. The van der Waals surface area contributed by atoms with Crippen LogP contribution in [0.4, 0.5) is 0 Å². The Bertz CT molecular complexity index is 301. The van der Waals surface area contributed by atoms with Gasteiger partial charge in [-0.2, -0.15) is 0 Å². The van der Waals surface area contributed by atoms with Crippen molar-refractivity contribution >= 4 is 5.91 Å². The molecule has 0 aromatic heterocycles. The molecule has 1 rings (SSSR count). The number of nitrogens with zero attached hydrogens (tertiary/aromatic N) is 3. The Morgan fingerprint density at radius 3 is 2.61 bits per heavy atom. The summed E-state index contributed by atoms with van der Waals surface area (Å²) in [6.45, 7) is 5.90. The van der Waals surface area contributed by atoms with Gasteiger partial charge in [-0.05, 0) is 16.7 Å². The van der Waals surface area contributed by atoms with Gasteiger partial charge in [-0.1, -0.05) is 13.8 Å². The predicted octanol–water partition coefficient (Wildman–Crippen LogP) is -3.97. The summed E-state index contributed by atoms with van der Waals surface area (Å²) in [6, 6.07) is 0. The molecular formula is C10H20N4NaO3+. The van der Waals surface area contributed by atoms with E-state index >= 15 is 0 Å². The molecular weight excluding hydrogens is 247 g/mol. The molecule has 1 saturated heterocycles. The van der Waals surface area contributed by atoms with Gasteiger partial charge in [-0.15, -0.1) is 0 Å². The van der Waals surface area contributed by atoms with E-state index in [1.54, 1.807) is 4.90 Å². The first-order chi connectivity index (χ1) is 8.10. The average Bonchev–Trinajstić information content (AvgIpc) is 2.61. The summed E-state index contributed by atoms with van der Waals surface area (Å²) < 4.78 is 0. The molecule has 1 amide bonds. The zero-order valence-electron chi connectivity index (χ0n) is 11.4. The second-order valence-corrected chi connectivity index (χ2v) is 4.31. The van der Waals surface area contributed by atoms with E-state index < -0.39 is 0 Å². The topological polar surface area (TPSA) is 86.7 Å². The van der Waals surface area contributed by atoms with Crippen LogP contribution in [0.1, 0.15) is 26.7 Å². The SMILES string of the molecule is CCC(C)C(=O)N1CCCN(/[N+]([O-])=[NH+]/[O-])CC1.[Na+]. The quantitative estimate of drug-likeness (QED) is 0.244. The monoisotopic (exact) mass is 267 g/mol. The summed E-state index contributed by atoms with van der Waals surface area (Å²) in [5.41, 5.74) is 0. The van der Waals surface area contributed by atoms with Crippen molar-refractivity contribution in [2.75, 3.05) is 26.2 Å². The van der Waals surface area contributed by atoms with Crippen LogP contribution in [0.25, 0.3) is 0 Å². The molecule has 0 aliphatic carbocycles. The second kappa shape index (κ2) is 8.55. The molecule has 0 radical (unpaired) electrons. The fourth-order valence-corrected chi connectivity index (χ4v) is 1.85. The van der Waals surface area contributed by atoms with E-state index in [0.717, 1.165) is 6.42 Å². The summed E-state index contributed by atoms with van der Waals surface area (Å²) in [7, 11) is 0. The molecule has 98 valence electrons. The van der Waals surface area contributed by atoms with Crippen LogP contribution in [0.5, 0.6) is 0 Å². The maximum Gasteiger partial charge on any atom is 1.00 e. The van der Waals surface area contributed by atoms with E-state index in [-0.39, 0.29) is 46.4 Å². The van der Waals surface area contributed by atoms with Crippen molar-refractivity contribution in [3.05, 3.63) is 10.4 Å². The molecule has 0 aromatic carbocycles. The van der Waals surface area contributed by atoms with Crippen LogP contribution in [0, 0.1) is 16.3 Å². The Kier molecular flexibility index (Phi) is 8.30. The molecule has 0 saturated carbocycles. The van der Waals surface area contributed by atoms with Gasteiger partial charge >= 0.3 is 29.6 Å². The van der Waals surface area contributed by atoms with Crippen molar-refractivity contribution in [3.63, 3.8) is 0 Å². The van der Waals surface area contributed by atoms with Gasteiger partial charge in [-0.3, -0.25) is 4.79 Å². The van der Waals surface area contributed by atoms with Gasteiger partial charge in [0.25, 0.3) is 0 Å². The van der Waals surface area contributed by atoms with Gasteiger partial charge in [0.05, 0.1) is 6.54 Å². The molecule has 1 heterocycles. The fourth-order valence-electron chi connectivity index (χ4n) is 1.85. The number of carbonyl (C=O) groups is 1. The van der Waals surface area contributed by atoms with Crippen molar-refractivity contribution in [1.29, 1.82) is 0 Å². The van der Waals surface area contributed by atoms with Gasteiger partial charge in [0.2, 0.25) is 5.91 Å². The minimum absolute atomic E-state index is 0. The standard InChI is InChI=1S/C10H20N4O3.Na/c1-3-9(2)10(15)12-5-4-6-13(8-7-12)14(17)11-16;/h9,11H,3-8H2,1-2H3;/q;+1/b14-11-;. The Balaban J connectivity index is 0.00000289. The van der Waals surface area contributed by atoms with Gasteiger partial charge in [-0.25, -0.2) is 0 Å². The van der Waals surface area contributed by atoms with Crippen molar-refractivity contribution in [2.24, 2.45) is 5.92 Å². The summed E-state index contributed by atoms with van der Waals surface area (Å²) in [4.78, 5) is 13.9. The van der Waals surface area contributed by atoms with Crippen LogP contribution >= 0.6 is 0 Å². The van der Waals surface area contributed by atoms with E-state index in [9.17, 15) is 15.2 Å². The fraction of sp³-hybridized carbons (Fsp3) is 0.900. The van der Waals surface area contributed by atoms with Crippen LogP contribution in [0.15, 0.2) is 0 Å². The van der Waals surface area contributed by atoms with Crippen molar-refractivity contribution in [1.82, 2.24) is 9.91 Å². The third-order valence-electron chi connectivity index (χ3n) is 3.15. The molecule has 1 aliphatic heterocycles. The molecule has 0 spiro atoms. The smallest absolute Gasteiger partial charge is 0.665 e. The molecule has 0 bridgehead atoms. The zero-order chi connectivity index (χ0) is 12.8. The van der Waals surface area contributed by atoms with Crippen LogP contribution in [0.2, 0.25) is 0 Å². The summed E-state index contributed by atoms with van der Waals surface area (Å²) in [5, 5.41) is 24.0. The molecule has 18 heavy (non-hydrogen) atoms. The molecule has 8 heteroatoms. The number of hydrogen-bond acceptors (Lipinski definition) is 3. The third kappa shape index (κ3) is 4.62. The number of hydrazine groups is 1. The molecule has 7 nitrogen and oxygen atoms in total. The molecule has 1 fully saturated rings. The van der Waals surface area contributed by atoms with Gasteiger partial charge in [0.1, 0.15) is 6.54 Å². The minimum Gasteiger partial charge on any atom is -0.665 e. The van der Waals surface area contributed by atoms with Crippen molar-refractivity contribution < 1.29 is 44.6 Å². The largest absolute Gasteiger partial charge is 1.00 e. The first-order valence-corrected chi connectivity index (χ1v) is 5.98. The molecule has 1 aliphatic rings. The second-order valence-electron chi connectivity index (χ2n) is 4.31. The van der Waals surface area contributed by atoms with E-state index in [2.05, 4.69) is 0 Å². The Hall–Kier alpha value is -0.530. The number of carbonyl (C=O) groups excluding carboxylic acids is 1. The maximum absolute atomic E-state index is 12.0. The van der Waals surface area contributed by atoms with E-state index in [4.69, 9.17) is 0 Å². The van der Waals surface area contributed by atoms with Crippen LogP contribution in [-0.2, 0) is 4.79 Å². The molecule has 1 N–H and O–H groups in total. The number of hydrogen-bond donors (Lipinski definition) is 1. The van der Waals surface area contributed by atoms with Crippen molar-refractivity contribution in [3.8, 4) is 0 Å². The first-order valence-electron chi connectivity index (χ1n) is 5.98. The Morgan fingerprint density at radius 2 is 2.06 bits per heavy atom.